The fourth-order valence-electron chi connectivity index (χ4n) is 1.54. The molecule has 0 heterocycles. The number of hydrogen-bond donors (Lipinski definition) is 0. The van der Waals surface area contributed by atoms with Crippen molar-refractivity contribution in [3.63, 3.8) is 0 Å². The Labute approximate surface area is 75.6 Å². The minimum Gasteiger partial charge on any atom is -0.0625 e. The van der Waals surface area contributed by atoms with Crippen LogP contribution in [0.1, 0.15) is 30.5 Å². The maximum atomic E-state index is 3.95. The molecule has 65 valence electrons. The van der Waals surface area contributed by atoms with Gasteiger partial charge in [-0.3, -0.25) is 0 Å². The Morgan fingerprint density at radius 1 is 1.25 bits per heavy atom. The van der Waals surface area contributed by atoms with Crippen molar-refractivity contribution in [2.75, 3.05) is 0 Å². The first-order valence-electron chi connectivity index (χ1n) is 4.50. The van der Waals surface area contributed by atoms with Crippen LogP contribution in [0.4, 0.5) is 0 Å². The third-order valence-corrected chi connectivity index (χ3v) is 1.84. The minimum atomic E-state index is 0.728. The van der Waals surface area contributed by atoms with Gasteiger partial charge in [-0.15, -0.1) is 0 Å². The summed E-state index contributed by atoms with van der Waals surface area (Å²) in [4.78, 5) is 0. The molecule has 0 saturated carbocycles. The fraction of sp³-hybridized carbons (Fsp3) is 0.417. The van der Waals surface area contributed by atoms with E-state index in [1.54, 1.807) is 0 Å². The van der Waals surface area contributed by atoms with E-state index in [2.05, 4.69) is 45.9 Å². The van der Waals surface area contributed by atoms with E-state index in [4.69, 9.17) is 0 Å². The molecule has 12 heavy (non-hydrogen) atoms. The summed E-state index contributed by atoms with van der Waals surface area (Å²) in [6, 6.07) is 6.53. The molecule has 0 aliphatic heterocycles. The van der Waals surface area contributed by atoms with Gasteiger partial charge in [0.05, 0.1) is 0 Å². The van der Waals surface area contributed by atoms with Crippen molar-refractivity contribution in [3.8, 4) is 0 Å². The summed E-state index contributed by atoms with van der Waals surface area (Å²) in [5, 5.41) is 0. The molecular weight excluding hydrogens is 144 g/mol. The first kappa shape index (κ1) is 9.31. The first-order valence-corrected chi connectivity index (χ1v) is 4.50. The normalized spacial score (nSPS) is 10.8. The van der Waals surface area contributed by atoms with Gasteiger partial charge in [0.15, 0.2) is 0 Å². The lowest BCUT2D eigenvalue weighted by Crippen LogP contribution is -1.94. The monoisotopic (exact) mass is 161 g/mol. The zero-order chi connectivity index (χ0) is 9.14. The second kappa shape index (κ2) is 3.75. The molecule has 0 heteroatoms. The maximum absolute atomic E-state index is 3.95. The van der Waals surface area contributed by atoms with Gasteiger partial charge in [-0.05, 0) is 37.3 Å². The van der Waals surface area contributed by atoms with Crippen molar-refractivity contribution in [3.05, 3.63) is 41.8 Å². The van der Waals surface area contributed by atoms with Crippen LogP contribution < -0.4 is 0 Å². The Hall–Kier alpha value is -0.780. The molecular formula is C12H17. The predicted molar refractivity (Wildman–Crippen MR) is 54.2 cm³/mol. The summed E-state index contributed by atoms with van der Waals surface area (Å²) in [5.41, 5.74) is 3.86. The van der Waals surface area contributed by atoms with Crippen LogP contribution in [0.2, 0.25) is 0 Å². The average molecular weight is 161 g/mol. The van der Waals surface area contributed by atoms with Gasteiger partial charge < -0.3 is 0 Å². The molecule has 0 atom stereocenters. The Balaban J connectivity index is 2.85. The zero-order valence-corrected chi connectivity index (χ0v) is 8.22. The molecule has 1 aromatic carbocycles. The van der Waals surface area contributed by atoms with E-state index >= 15 is 0 Å². The number of aryl methyl sites for hydroxylation is 1. The van der Waals surface area contributed by atoms with Crippen molar-refractivity contribution in [1.29, 1.82) is 0 Å². The van der Waals surface area contributed by atoms with Crippen LogP contribution >= 0.6 is 0 Å². The van der Waals surface area contributed by atoms with E-state index in [1.807, 2.05) is 0 Å². The molecule has 0 nitrogen and oxygen atoms in total. The highest BCUT2D eigenvalue weighted by molar-refractivity contribution is 5.31. The van der Waals surface area contributed by atoms with Crippen LogP contribution in [0.25, 0.3) is 0 Å². The van der Waals surface area contributed by atoms with Crippen molar-refractivity contribution >= 4 is 0 Å². The van der Waals surface area contributed by atoms with Crippen molar-refractivity contribution < 1.29 is 0 Å². The molecule has 1 aromatic rings. The van der Waals surface area contributed by atoms with Crippen LogP contribution in [-0.4, -0.2) is 0 Å². The number of rotatable bonds is 2. The summed E-state index contributed by atoms with van der Waals surface area (Å²) >= 11 is 0. The van der Waals surface area contributed by atoms with Gasteiger partial charge in [0.2, 0.25) is 0 Å². The number of hydrogen-bond acceptors (Lipinski definition) is 0. The van der Waals surface area contributed by atoms with E-state index in [0.29, 0.717) is 0 Å². The molecule has 0 spiro atoms. The van der Waals surface area contributed by atoms with E-state index in [-0.39, 0.29) is 0 Å². The van der Waals surface area contributed by atoms with Crippen molar-refractivity contribution in [2.45, 2.75) is 27.2 Å². The summed E-state index contributed by atoms with van der Waals surface area (Å²) in [5.74, 6) is 0.728. The molecule has 0 aliphatic rings. The lowest BCUT2D eigenvalue weighted by Gasteiger charge is -2.06. The third kappa shape index (κ3) is 2.69. The van der Waals surface area contributed by atoms with Crippen molar-refractivity contribution in [2.24, 2.45) is 5.92 Å². The van der Waals surface area contributed by atoms with Crippen LogP contribution in [0, 0.1) is 19.8 Å². The zero-order valence-electron chi connectivity index (χ0n) is 8.22. The Kier molecular flexibility index (Phi) is 2.91. The fourth-order valence-corrected chi connectivity index (χ4v) is 1.54. The molecule has 0 aliphatic carbocycles. The largest absolute Gasteiger partial charge is 0.0625 e. The van der Waals surface area contributed by atoms with E-state index in [1.165, 1.54) is 11.1 Å². The molecule has 0 N–H and O–H groups in total. The number of benzene rings is 1. The summed E-state index contributed by atoms with van der Waals surface area (Å²) in [7, 11) is 0. The highest BCUT2D eigenvalue weighted by Gasteiger charge is 1.98. The average Bonchev–Trinajstić information content (AvgIpc) is 1.81. The molecule has 0 amide bonds. The molecule has 0 unspecified atom stereocenters. The van der Waals surface area contributed by atoms with Gasteiger partial charge in [-0.2, -0.15) is 0 Å². The molecule has 1 radical (unpaired) electrons. The highest BCUT2D eigenvalue weighted by atomic mass is 14.0. The Bertz CT molecular complexity index is 238. The minimum absolute atomic E-state index is 0.728. The molecule has 0 saturated heterocycles. The molecule has 0 aromatic heterocycles. The first-order chi connectivity index (χ1) is 5.58. The molecule has 1 rings (SSSR count). The second-order valence-corrected chi connectivity index (χ2v) is 3.92. The van der Waals surface area contributed by atoms with Crippen molar-refractivity contribution in [1.82, 2.24) is 0 Å². The van der Waals surface area contributed by atoms with Gasteiger partial charge in [-0.1, -0.05) is 37.6 Å². The van der Waals surface area contributed by atoms with Crippen LogP contribution in [0.15, 0.2) is 18.2 Å². The van der Waals surface area contributed by atoms with Gasteiger partial charge in [0.25, 0.3) is 0 Å². The van der Waals surface area contributed by atoms with Gasteiger partial charge >= 0.3 is 0 Å². The van der Waals surface area contributed by atoms with Gasteiger partial charge in [0.1, 0.15) is 0 Å². The standard InChI is InChI=1S/C12H17/c1-9(2)5-12-7-10(3)6-11(4)8-12/h6-9H,3,5H2,1-2,4H3. The van der Waals surface area contributed by atoms with Crippen LogP contribution in [-0.2, 0) is 6.42 Å². The highest BCUT2D eigenvalue weighted by Crippen LogP contribution is 2.12. The van der Waals surface area contributed by atoms with E-state index < -0.39 is 0 Å². The summed E-state index contributed by atoms with van der Waals surface area (Å²) in [6.45, 7) is 10.6. The summed E-state index contributed by atoms with van der Waals surface area (Å²) in [6.07, 6.45) is 1.16. The molecule has 0 fully saturated rings. The third-order valence-electron chi connectivity index (χ3n) is 1.84. The van der Waals surface area contributed by atoms with Crippen LogP contribution in [0.5, 0.6) is 0 Å². The Morgan fingerprint density at radius 3 is 2.42 bits per heavy atom. The van der Waals surface area contributed by atoms with E-state index in [9.17, 15) is 0 Å². The Morgan fingerprint density at radius 2 is 1.92 bits per heavy atom. The van der Waals surface area contributed by atoms with E-state index in [0.717, 1.165) is 17.9 Å². The predicted octanol–water partition coefficient (Wildman–Crippen LogP) is 3.38. The summed E-state index contributed by atoms with van der Waals surface area (Å²) < 4.78 is 0. The SMILES string of the molecule is [CH2]c1cc(C)cc(CC(C)C)c1. The second-order valence-electron chi connectivity index (χ2n) is 3.92. The lowest BCUT2D eigenvalue weighted by molar-refractivity contribution is 0.647. The molecule has 0 bridgehead atoms. The van der Waals surface area contributed by atoms with Gasteiger partial charge in [0, 0.05) is 0 Å². The lowest BCUT2D eigenvalue weighted by atomic mass is 9.99. The maximum Gasteiger partial charge on any atom is -0.0238 e. The quantitative estimate of drug-likeness (QED) is 0.623. The topological polar surface area (TPSA) is 0 Å². The van der Waals surface area contributed by atoms with Gasteiger partial charge in [-0.25, -0.2) is 0 Å². The van der Waals surface area contributed by atoms with Crippen LogP contribution in [0.3, 0.4) is 0 Å². The smallest absolute Gasteiger partial charge is 0.0238 e.